The summed E-state index contributed by atoms with van der Waals surface area (Å²) < 4.78 is 37.8. The van der Waals surface area contributed by atoms with Gasteiger partial charge in [0.2, 0.25) is 6.04 Å². The van der Waals surface area contributed by atoms with Gasteiger partial charge in [0.25, 0.3) is 5.91 Å². The summed E-state index contributed by atoms with van der Waals surface area (Å²) in [5.74, 6) is -0.920. The molecule has 2 rings (SSSR count). The zero-order valence-electron chi connectivity index (χ0n) is 12.9. The van der Waals surface area contributed by atoms with Crippen molar-refractivity contribution in [3.8, 4) is 0 Å². The Kier molecular flexibility index (Phi) is 5.33. The Morgan fingerprint density at radius 1 is 1.04 bits per heavy atom. The van der Waals surface area contributed by atoms with Gasteiger partial charge in [0, 0.05) is 30.2 Å². The molecule has 24 heavy (non-hydrogen) atoms. The smallest absolute Gasteiger partial charge is 0.341 e. The molecule has 0 saturated carbocycles. The summed E-state index contributed by atoms with van der Waals surface area (Å²) in [7, 11) is 0. The summed E-state index contributed by atoms with van der Waals surface area (Å²) >= 11 is 0. The van der Waals surface area contributed by atoms with Gasteiger partial charge in [-0.15, -0.1) is 0 Å². The van der Waals surface area contributed by atoms with E-state index in [1.165, 1.54) is 36.0 Å². The monoisotopic (exact) mass is 337 g/mol. The molecule has 1 atom stereocenters. The van der Waals surface area contributed by atoms with E-state index in [9.17, 15) is 22.8 Å². The number of amides is 1. The molecule has 126 valence electrons. The fraction of sp³-hybridized carbons (Fsp3) is 0.235. The second-order valence-electron chi connectivity index (χ2n) is 5.24. The van der Waals surface area contributed by atoms with E-state index in [-0.39, 0.29) is 5.78 Å². The number of nitrogens with zero attached hydrogens (tertiary/aromatic N) is 1. The number of hydrogen-bond acceptors (Lipinski definition) is 2. The number of carbonyl (C=O) groups excluding carboxylic acids is 2. The standard InChI is InChI=1S/C17H15F3N2O2/c1-12(16(24)21-11-17(18,19)20)22-9-7-14(8-10-22)15(23)13-5-3-2-4-6-13/h2-10,12H,11H2,1H3/p+1/t12-/m1/s1. The molecule has 1 amide bonds. The van der Waals surface area contributed by atoms with Gasteiger partial charge in [0.05, 0.1) is 0 Å². The molecular formula is C17H16F3N2O2+. The third kappa shape index (κ3) is 4.65. The van der Waals surface area contributed by atoms with Crippen molar-refractivity contribution >= 4 is 11.7 Å². The molecule has 1 heterocycles. The quantitative estimate of drug-likeness (QED) is 0.673. The lowest BCUT2D eigenvalue weighted by atomic mass is 10.0. The van der Waals surface area contributed by atoms with Crippen LogP contribution in [0.15, 0.2) is 54.9 Å². The lowest BCUT2D eigenvalue weighted by Crippen LogP contribution is -2.48. The fourth-order valence-electron chi connectivity index (χ4n) is 2.07. The van der Waals surface area contributed by atoms with Crippen LogP contribution in [0.5, 0.6) is 0 Å². The zero-order chi connectivity index (χ0) is 17.7. The maximum atomic E-state index is 12.3. The van der Waals surface area contributed by atoms with E-state index in [1.54, 1.807) is 30.3 Å². The predicted octanol–water partition coefficient (Wildman–Crippen LogP) is 2.44. The van der Waals surface area contributed by atoms with Crippen molar-refractivity contribution in [2.45, 2.75) is 19.1 Å². The summed E-state index contributed by atoms with van der Waals surface area (Å²) in [6, 6.07) is 10.9. The molecule has 0 bridgehead atoms. The van der Waals surface area contributed by atoms with Crippen molar-refractivity contribution in [3.63, 3.8) is 0 Å². The number of carbonyl (C=O) groups is 2. The molecule has 2 aromatic rings. The number of rotatable bonds is 5. The molecule has 7 heteroatoms. The molecule has 0 radical (unpaired) electrons. The van der Waals surface area contributed by atoms with Crippen LogP contribution in [0.1, 0.15) is 28.9 Å². The second kappa shape index (κ2) is 7.25. The van der Waals surface area contributed by atoms with Crippen LogP contribution in [0.3, 0.4) is 0 Å². The third-order valence-electron chi connectivity index (χ3n) is 3.44. The lowest BCUT2D eigenvalue weighted by Gasteiger charge is -2.10. The molecule has 1 aromatic carbocycles. The van der Waals surface area contributed by atoms with E-state index in [0.717, 1.165) is 0 Å². The number of nitrogens with one attached hydrogen (secondary N) is 1. The van der Waals surface area contributed by atoms with E-state index < -0.39 is 24.7 Å². The molecule has 0 aliphatic carbocycles. The molecule has 0 spiro atoms. The fourth-order valence-corrected chi connectivity index (χ4v) is 2.07. The molecule has 0 aliphatic heterocycles. The van der Waals surface area contributed by atoms with Crippen molar-refractivity contribution in [2.75, 3.05) is 6.54 Å². The molecule has 4 nitrogen and oxygen atoms in total. The molecule has 1 aromatic heterocycles. The van der Waals surface area contributed by atoms with E-state index in [4.69, 9.17) is 0 Å². The highest BCUT2D eigenvalue weighted by Crippen LogP contribution is 2.13. The molecule has 1 N–H and O–H groups in total. The average Bonchev–Trinajstić information content (AvgIpc) is 2.58. The minimum atomic E-state index is -4.45. The first-order chi connectivity index (χ1) is 11.3. The maximum Gasteiger partial charge on any atom is 0.405 e. The van der Waals surface area contributed by atoms with Crippen molar-refractivity contribution in [2.24, 2.45) is 0 Å². The van der Waals surface area contributed by atoms with Crippen LogP contribution in [0.25, 0.3) is 0 Å². The number of halogens is 3. The molecular weight excluding hydrogens is 321 g/mol. The Labute approximate surface area is 136 Å². The van der Waals surface area contributed by atoms with E-state index in [1.807, 2.05) is 5.32 Å². The van der Waals surface area contributed by atoms with Crippen LogP contribution in [-0.2, 0) is 4.79 Å². The van der Waals surface area contributed by atoms with Gasteiger partial charge in [-0.1, -0.05) is 30.3 Å². The summed E-state index contributed by atoms with van der Waals surface area (Å²) in [5.41, 5.74) is 0.964. The highest BCUT2D eigenvalue weighted by Gasteiger charge is 2.30. The lowest BCUT2D eigenvalue weighted by molar-refractivity contribution is -0.706. The van der Waals surface area contributed by atoms with Crippen molar-refractivity contribution in [3.05, 3.63) is 66.0 Å². The molecule has 0 aliphatic rings. The SMILES string of the molecule is C[C@H](C(=O)NCC(F)(F)F)[n+]1ccc(C(=O)c2ccccc2)cc1. The summed E-state index contributed by atoms with van der Waals surface area (Å²) in [5, 5.41) is 1.83. The number of hydrogen-bond donors (Lipinski definition) is 1. The van der Waals surface area contributed by atoms with Gasteiger partial charge in [-0.25, -0.2) is 0 Å². The number of benzene rings is 1. The van der Waals surface area contributed by atoms with Gasteiger partial charge >= 0.3 is 6.18 Å². The first-order valence-corrected chi connectivity index (χ1v) is 7.23. The molecule has 0 fully saturated rings. The van der Waals surface area contributed by atoms with Gasteiger partial charge in [-0.3, -0.25) is 9.59 Å². The van der Waals surface area contributed by atoms with Gasteiger partial charge in [-0.2, -0.15) is 17.7 Å². The third-order valence-corrected chi connectivity index (χ3v) is 3.44. The number of alkyl halides is 3. The zero-order valence-corrected chi connectivity index (χ0v) is 12.9. The van der Waals surface area contributed by atoms with Crippen LogP contribution < -0.4 is 9.88 Å². The van der Waals surface area contributed by atoms with Crippen molar-refractivity contribution in [1.82, 2.24) is 5.32 Å². The van der Waals surface area contributed by atoms with Crippen LogP contribution >= 0.6 is 0 Å². The van der Waals surface area contributed by atoms with Gasteiger partial charge in [0.15, 0.2) is 18.2 Å². The molecule has 0 unspecified atom stereocenters. The Morgan fingerprint density at radius 3 is 2.12 bits per heavy atom. The first-order valence-electron chi connectivity index (χ1n) is 7.23. The Hall–Kier alpha value is -2.70. The largest absolute Gasteiger partial charge is 0.405 e. The maximum absolute atomic E-state index is 12.3. The average molecular weight is 337 g/mol. The van der Waals surface area contributed by atoms with Gasteiger partial charge < -0.3 is 5.32 Å². The van der Waals surface area contributed by atoms with Gasteiger partial charge in [0.1, 0.15) is 6.54 Å². The van der Waals surface area contributed by atoms with Crippen molar-refractivity contribution < 1.29 is 27.3 Å². The normalized spacial score (nSPS) is 12.5. The molecule has 0 saturated heterocycles. The number of aromatic nitrogens is 1. The number of ketones is 1. The summed E-state index contributed by atoms with van der Waals surface area (Å²) in [6.07, 6.45) is -1.46. The van der Waals surface area contributed by atoms with E-state index in [2.05, 4.69) is 0 Å². The highest BCUT2D eigenvalue weighted by atomic mass is 19.4. The van der Waals surface area contributed by atoms with E-state index >= 15 is 0 Å². The Balaban J connectivity index is 2.06. The summed E-state index contributed by atoms with van der Waals surface area (Å²) in [4.78, 5) is 24.0. The summed E-state index contributed by atoms with van der Waals surface area (Å²) in [6.45, 7) is 0.103. The number of pyridine rings is 1. The second-order valence-corrected chi connectivity index (χ2v) is 5.24. The minimum Gasteiger partial charge on any atom is -0.341 e. The van der Waals surface area contributed by atoms with Crippen molar-refractivity contribution in [1.29, 1.82) is 0 Å². The highest BCUT2D eigenvalue weighted by molar-refractivity contribution is 6.08. The minimum absolute atomic E-state index is 0.170. The first kappa shape index (κ1) is 17.7. The van der Waals surface area contributed by atoms with Crippen LogP contribution in [0, 0.1) is 0 Å². The van der Waals surface area contributed by atoms with Crippen LogP contribution in [0.4, 0.5) is 13.2 Å². The van der Waals surface area contributed by atoms with Crippen LogP contribution in [0.2, 0.25) is 0 Å². The van der Waals surface area contributed by atoms with Gasteiger partial charge in [-0.05, 0) is 0 Å². The topological polar surface area (TPSA) is 50.1 Å². The Bertz CT molecular complexity index is 713. The van der Waals surface area contributed by atoms with Crippen LogP contribution in [-0.4, -0.2) is 24.4 Å². The Morgan fingerprint density at radius 2 is 1.58 bits per heavy atom. The van der Waals surface area contributed by atoms with E-state index in [0.29, 0.717) is 11.1 Å². The predicted molar refractivity (Wildman–Crippen MR) is 80.3 cm³/mol.